The molecule has 37 heavy (non-hydrogen) atoms. The molecule has 0 aliphatic rings. The van der Waals surface area contributed by atoms with Gasteiger partial charge in [0.25, 0.3) is 0 Å². The van der Waals surface area contributed by atoms with E-state index in [4.69, 9.17) is 22.2 Å². The lowest BCUT2D eigenvalue weighted by molar-refractivity contribution is 0.669. The van der Waals surface area contributed by atoms with Crippen molar-refractivity contribution in [3.05, 3.63) is 133 Å². The molecule has 0 atom stereocenters. The average molecular weight is 484 g/mol. The predicted octanol–water partition coefficient (Wildman–Crippen LogP) is 10.4. The molecular weight excluding hydrogens is 448 g/mol. The second-order valence-corrected chi connectivity index (χ2v) is 8.72. The lowest BCUT2D eigenvalue weighted by Crippen LogP contribution is -1.90. The molecule has 8 rings (SSSR count). The SMILES string of the molecule is [2H]c1c([2H])c([2H])c(-c2c3c([2H])c([2H])c([2H])c([2H])c3c(-c3ccc4c(c3)oc3ccc5ccccc5c34)c3c([2H])c([2H])c([2H])c([2H])c23)c([2H])c1[2H]. The van der Waals surface area contributed by atoms with Crippen LogP contribution in [0.2, 0.25) is 0 Å². The summed E-state index contributed by atoms with van der Waals surface area (Å²) in [5.41, 5.74) is 0.631. The van der Waals surface area contributed by atoms with Crippen molar-refractivity contribution in [3.8, 4) is 22.3 Å². The summed E-state index contributed by atoms with van der Waals surface area (Å²) in [5.74, 6) is 0. The molecule has 1 aromatic heterocycles. The van der Waals surface area contributed by atoms with Gasteiger partial charge in [0.05, 0.1) is 17.8 Å². The van der Waals surface area contributed by atoms with Gasteiger partial charge in [-0.3, -0.25) is 0 Å². The van der Waals surface area contributed by atoms with Crippen molar-refractivity contribution >= 4 is 54.3 Å². The van der Waals surface area contributed by atoms with Crippen LogP contribution in [0, 0.1) is 0 Å². The average Bonchev–Trinajstić information content (AvgIpc) is 3.50. The summed E-state index contributed by atoms with van der Waals surface area (Å²) < 4.78 is 120. The minimum atomic E-state index is -0.712. The molecule has 0 saturated carbocycles. The van der Waals surface area contributed by atoms with Crippen LogP contribution in [-0.4, -0.2) is 0 Å². The predicted molar refractivity (Wildman–Crippen MR) is 157 cm³/mol. The van der Waals surface area contributed by atoms with Crippen LogP contribution in [0.3, 0.4) is 0 Å². The van der Waals surface area contributed by atoms with E-state index >= 15 is 0 Å². The molecule has 1 heteroatoms. The molecule has 1 nitrogen and oxygen atoms in total. The standard InChI is InChI=1S/C36H22O/c1-2-11-24(12-3-1)34-27-14-6-8-16-29(27)35(30-17-9-7-15-28(30)34)25-18-20-31-33(22-25)37-32-21-19-23-10-4-5-13-26(23)36(31)32/h1-22H/i1D,2D,3D,6D,7D,8D,9D,11D,12D,14D,15D,16D,17D. The number of benzene rings is 7. The van der Waals surface area contributed by atoms with Gasteiger partial charge in [0.1, 0.15) is 11.2 Å². The van der Waals surface area contributed by atoms with E-state index in [9.17, 15) is 0 Å². The molecule has 1 heterocycles. The molecule has 0 radical (unpaired) electrons. The number of rotatable bonds is 2. The molecule has 0 bridgehead atoms. The van der Waals surface area contributed by atoms with Crippen LogP contribution in [0.25, 0.3) is 76.5 Å². The summed E-state index contributed by atoms with van der Waals surface area (Å²) >= 11 is 0. The first-order chi connectivity index (χ1) is 23.8. The Bertz CT molecular complexity index is 2750. The van der Waals surface area contributed by atoms with E-state index in [0.29, 0.717) is 16.7 Å². The van der Waals surface area contributed by atoms with Crippen LogP contribution in [0.1, 0.15) is 17.8 Å². The summed E-state index contributed by atoms with van der Waals surface area (Å²) in [6.07, 6.45) is 0. The lowest BCUT2D eigenvalue weighted by Gasteiger charge is -2.17. The van der Waals surface area contributed by atoms with Gasteiger partial charge >= 0.3 is 0 Å². The lowest BCUT2D eigenvalue weighted by atomic mass is 9.86. The normalized spacial score (nSPS) is 16.7. The maximum atomic E-state index is 9.13. The van der Waals surface area contributed by atoms with Gasteiger partial charge in [-0.15, -0.1) is 0 Å². The molecule has 0 amide bonds. The van der Waals surface area contributed by atoms with Crippen molar-refractivity contribution in [2.75, 3.05) is 0 Å². The number of fused-ring (bicyclic) bond motifs is 7. The molecule has 0 fully saturated rings. The van der Waals surface area contributed by atoms with Gasteiger partial charge in [0.2, 0.25) is 0 Å². The first kappa shape index (κ1) is 11.5. The number of furan rings is 1. The van der Waals surface area contributed by atoms with E-state index in [1.54, 1.807) is 18.2 Å². The maximum absolute atomic E-state index is 9.13. The molecule has 7 aromatic carbocycles. The van der Waals surface area contributed by atoms with Crippen LogP contribution in [0.15, 0.2) is 138 Å². The minimum absolute atomic E-state index is 0.0531. The topological polar surface area (TPSA) is 13.1 Å². The zero-order valence-corrected chi connectivity index (χ0v) is 19.1. The fourth-order valence-electron chi connectivity index (χ4n) is 5.24. The molecule has 0 unspecified atom stereocenters. The summed E-state index contributed by atoms with van der Waals surface area (Å²) in [4.78, 5) is 0. The third-order valence-electron chi connectivity index (χ3n) is 6.78. The highest BCUT2D eigenvalue weighted by molar-refractivity contribution is 6.23. The Hall–Kier alpha value is -4.88. The maximum Gasteiger partial charge on any atom is 0.136 e. The highest BCUT2D eigenvalue weighted by Crippen LogP contribution is 2.45. The zero-order chi connectivity index (χ0) is 35.7. The van der Waals surface area contributed by atoms with Crippen LogP contribution in [0.5, 0.6) is 0 Å². The third-order valence-corrected chi connectivity index (χ3v) is 6.78. The highest BCUT2D eigenvalue weighted by atomic mass is 16.3. The highest BCUT2D eigenvalue weighted by Gasteiger charge is 2.18. The molecular formula is C36H22O. The Kier molecular flexibility index (Phi) is 2.42. The number of hydrogen-bond donors (Lipinski definition) is 0. The Morgan fingerprint density at radius 2 is 1.08 bits per heavy atom. The van der Waals surface area contributed by atoms with Gasteiger partial charge in [-0.05, 0) is 72.8 Å². The second kappa shape index (κ2) is 7.81. The zero-order valence-electron chi connectivity index (χ0n) is 32.1. The largest absolute Gasteiger partial charge is 0.456 e. The van der Waals surface area contributed by atoms with Crippen molar-refractivity contribution < 1.29 is 22.2 Å². The minimum Gasteiger partial charge on any atom is -0.456 e. The van der Waals surface area contributed by atoms with E-state index in [0.717, 1.165) is 21.5 Å². The van der Waals surface area contributed by atoms with Crippen molar-refractivity contribution in [1.29, 1.82) is 0 Å². The molecule has 0 saturated heterocycles. The summed E-state index contributed by atoms with van der Waals surface area (Å²) in [7, 11) is 0. The fourth-order valence-corrected chi connectivity index (χ4v) is 5.24. The summed E-state index contributed by atoms with van der Waals surface area (Å²) in [6, 6.07) is 8.41. The molecule has 0 aliphatic heterocycles. The van der Waals surface area contributed by atoms with Crippen molar-refractivity contribution in [1.82, 2.24) is 0 Å². The van der Waals surface area contributed by atoms with E-state index < -0.39 is 84.1 Å². The van der Waals surface area contributed by atoms with E-state index in [1.807, 2.05) is 36.4 Å². The van der Waals surface area contributed by atoms with Gasteiger partial charge in [-0.25, -0.2) is 0 Å². The van der Waals surface area contributed by atoms with Gasteiger partial charge in [-0.1, -0.05) is 115 Å². The van der Waals surface area contributed by atoms with Crippen LogP contribution < -0.4 is 0 Å². The monoisotopic (exact) mass is 483 g/mol. The van der Waals surface area contributed by atoms with Crippen LogP contribution >= 0.6 is 0 Å². The Morgan fingerprint density at radius 3 is 1.78 bits per heavy atom. The molecule has 172 valence electrons. The first-order valence-corrected chi connectivity index (χ1v) is 11.6. The Labute approximate surface area is 232 Å². The van der Waals surface area contributed by atoms with Crippen LogP contribution in [-0.2, 0) is 0 Å². The van der Waals surface area contributed by atoms with E-state index in [1.165, 1.54) is 0 Å². The van der Waals surface area contributed by atoms with Crippen molar-refractivity contribution in [3.63, 3.8) is 0 Å². The van der Waals surface area contributed by atoms with Gasteiger partial charge in [0.15, 0.2) is 0 Å². The second-order valence-electron chi connectivity index (χ2n) is 8.72. The Balaban J connectivity index is 1.65. The van der Waals surface area contributed by atoms with Crippen molar-refractivity contribution in [2.45, 2.75) is 0 Å². The first-order valence-electron chi connectivity index (χ1n) is 18.1. The van der Waals surface area contributed by atoms with E-state index in [2.05, 4.69) is 0 Å². The number of hydrogen-bond acceptors (Lipinski definition) is 1. The van der Waals surface area contributed by atoms with Gasteiger partial charge in [0, 0.05) is 10.8 Å². The molecule has 0 aliphatic carbocycles. The molecule has 8 aromatic rings. The summed E-state index contributed by atoms with van der Waals surface area (Å²) in [6.45, 7) is 0. The van der Waals surface area contributed by atoms with Crippen molar-refractivity contribution in [2.24, 2.45) is 0 Å². The van der Waals surface area contributed by atoms with Gasteiger partial charge < -0.3 is 4.42 Å². The van der Waals surface area contributed by atoms with E-state index in [-0.39, 0.29) is 32.7 Å². The molecule has 0 spiro atoms. The van der Waals surface area contributed by atoms with Crippen LogP contribution in [0.4, 0.5) is 0 Å². The quantitative estimate of drug-likeness (QED) is 0.223. The molecule has 0 N–H and O–H groups in total. The third kappa shape index (κ3) is 2.98. The Morgan fingerprint density at radius 1 is 0.459 bits per heavy atom. The summed E-state index contributed by atoms with van der Waals surface area (Å²) in [5, 5.41) is 2.79. The fraction of sp³-hybridized carbons (Fsp3) is 0. The smallest absolute Gasteiger partial charge is 0.136 e. The van der Waals surface area contributed by atoms with Gasteiger partial charge in [-0.2, -0.15) is 0 Å².